The number of carbonyl (C=O) groups is 2. The van der Waals surface area contributed by atoms with Gasteiger partial charge in [-0.15, -0.1) is 0 Å². The molecule has 1 aliphatic heterocycles. The summed E-state index contributed by atoms with van der Waals surface area (Å²) < 4.78 is 0. The number of ketones is 1. The van der Waals surface area contributed by atoms with Gasteiger partial charge in [0.05, 0.1) is 5.69 Å². The molecular weight excluding hydrogens is 240 g/mol. The van der Waals surface area contributed by atoms with E-state index in [9.17, 15) is 9.59 Å². The van der Waals surface area contributed by atoms with E-state index in [0.29, 0.717) is 17.9 Å². The number of hydrogen-bond acceptors (Lipinski definition) is 2. The molecular formula is C15H14N2O2. The Hall–Kier alpha value is -2.36. The predicted octanol–water partition coefficient (Wildman–Crippen LogP) is 2.42. The maximum absolute atomic E-state index is 12.4. The molecule has 2 heterocycles. The molecule has 0 aliphatic carbocycles. The fourth-order valence-corrected chi connectivity index (χ4v) is 2.42. The van der Waals surface area contributed by atoms with Crippen LogP contribution in [-0.2, 0) is 6.42 Å². The fraction of sp³-hybridized carbons (Fsp3) is 0.200. The first-order chi connectivity index (χ1) is 9.16. The van der Waals surface area contributed by atoms with E-state index in [-0.39, 0.29) is 11.7 Å². The van der Waals surface area contributed by atoms with Crippen molar-refractivity contribution in [2.24, 2.45) is 0 Å². The molecule has 1 amide bonds. The highest BCUT2D eigenvalue weighted by Crippen LogP contribution is 2.28. The lowest BCUT2D eigenvalue weighted by Gasteiger charge is -2.16. The van der Waals surface area contributed by atoms with Crippen LogP contribution in [0.15, 0.2) is 36.4 Å². The smallest absolute Gasteiger partial charge is 0.274 e. The van der Waals surface area contributed by atoms with Crippen LogP contribution in [0.2, 0.25) is 0 Å². The van der Waals surface area contributed by atoms with Gasteiger partial charge in [0.25, 0.3) is 5.91 Å². The van der Waals surface area contributed by atoms with Crippen LogP contribution in [0, 0.1) is 0 Å². The molecule has 0 spiro atoms. The second-order valence-corrected chi connectivity index (χ2v) is 4.68. The third kappa shape index (κ3) is 1.95. The summed E-state index contributed by atoms with van der Waals surface area (Å²) >= 11 is 0. The Labute approximate surface area is 111 Å². The molecule has 19 heavy (non-hydrogen) atoms. The van der Waals surface area contributed by atoms with Gasteiger partial charge in [0.1, 0.15) is 5.69 Å². The van der Waals surface area contributed by atoms with E-state index in [1.54, 1.807) is 17.0 Å². The van der Waals surface area contributed by atoms with Crippen molar-refractivity contribution < 1.29 is 9.59 Å². The highest BCUT2D eigenvalue weighted by molar-refractivity contribution is 6.07. The molecule has 0 atom stereocenters. The summed E-state index contributed by atoms with van der Waals surface area (Å²) in [6.45, 7) is 2.16. The van der Waals surface area contributed by atoms with E-state index >= 15 is 0 Å². The van der Waals surface area contributed by atoms with Gasteiger partial charge in [-0.25, -0.2) is 0 Å². The van der Waals surface area contributed by atoms with Crippen molar-refractivity contribution in [1.29, 1.82) is 0 Å². The number of rotatable bonds is 2. The van der Waals surface area contributed by atoms with Gasteiger partial charge in [0, 0.05) is 19.2 Å². The van der Waals surface area contributed by atoms with Gasteiger partial charge in [-0.2, -0.15) is 0 Å². The van der Waals surface area contributed by atoms with Crippen molar-refractivity contribution in [1.82, 2.24) is 4.98 Å². The number of anilines is 1. The number of aromatic amines is 1. The zero-order valence-corrected chi connectivity index (χ0v) is 10.6. The van der Waals surface area contributed by atoms with Crippen molar-refractivity contribution in [3.63, 3.8) is 0 Å². The number of amides is 1. The standard InChI is InChI=1S/C15H14N2O2/c1-10(18)12-6-7-13(16-12)15(19)17-9-8-11-4-2-3-5-14(11)17/h2-7,16H,8-9H2,1H3. The summed E-state index contributed by atoms with van der Waals surface area (Å²) in [6.07, 6.45) is 0.877. The molecule has 4 heteroatoms. The average Bonchev–Trinajstić information content (AvgIpc) is 3.05. The Kier molecular flexibility index (Phi) is 2.71. The second-order valence-electron chi connectivity index (χ2n) is 4.68. The van der Waals surface area contributed by atoms with Gasteiger partial charge in [-0.3, -0.25) is 9.59 Å². The maximum Gasteiger partial charge on any atom is 0.274 e. The van der Waals surface area contributed by atoms with Crippen LogP contribution in [0.4, 0.5) is 5.69 Å². The number of nitrogens with one attached hydrogen (secondary N) is 1. The van der Waals surface area contributed by atoms with E-state index in [1.807, 2.05) is 24.3 Å². The number of aromatic nitrogens is 1. The molecule has 0 unspecified atom stereocenters. The van der Waals surface area contributed by atoms with E-state index in [0.717, 1.165) is 12.1 Å². The Morgan fingerprint density at radius 1 is 1.11 bits per heavy atom. The summed E-state index contributed by atoms with van der Waals surface area (Å²) in [5, 5.41) is 0. The lowest BCUT2D eigenvalue weighted by Crippen LogP contribution is -2.29. The zero-order valence-electron chi connectivity index (χ0n) is 10.6. The molecule has 1 aliphatic rings. The number of Topliss-reactive ketones (excluding diaryl/α,β-unsaturated/α-hetero) is 1. The molecule has 1 aromatic carbocycles. The Morgan fingerprint density at radius 2 is 1.84 bits per heavy atom. The average molecular weight is 254 g/mol. The first-order valence-electron chi connectivity index (χ1n) is 6.26. The topological polar surface area (TPSA) is 53.2 Å². The maximum atomic E-state index is 12.4. The Bertz CT molecular complexity index is 658. The molecule has 0 bridgehead atoms. The van der Waals surface area contributed by atoms with Crippen LogP contribution in [0.1, 0.15) is 33.5 Å². The first-order valence-corrected chi connectivity index (χ1v) is 6.26. The van der Waals surface area contributed by atoms with Gasteiger partial charge < -0.3 is 9.88 Å². The quantitative estimate of drug-likeness (QED) is 0.837. The van der Waals surface area contributed by atoms with Crippen molar-refractivity contribution >= 4 is 17.4 Å². The van der Waals surface area contributed by atoms with Gasteiger partial charge in [0.15, 0.2) is 5.78 Å². The number of hydrogen-bond donors (Lipinski definition) is 1. The van der Waals surface area contributed by atoms with Crippen LogP contribution in [0.25, 0.3) is 0 Å². The van der Waals surface area contributed by atoms with Gasteiger partial charge in [-0.1, -0.05) is 18.2 Å². The van der Waals surface area contributed by atoms with Crippen LogP contribution < -0.4 is 4.90 Å². The predicted molar refractivity (Wildman–Crippen MR) is 72.6 cm³/mol. The van der Waals surface area contributed by atoms with E-state index in [4.69, 9.17) is 0 Å². The van der Waals surface area contributed by atoms with Crippen LogP contribution in [0.5, 0.6) is 0 Å². The van der Waals surface area contributed by atoms with Gasteiger partial charge in [0.2, 0.25) is 0 Å². The van der Waals surface area contributed by atoms with E-state index < -0.39 is 0 Å². The molecule has 4 nitrogen and oxygen atoms in total. The second kappa shape index (κ2) is 4.39. The Morgan fingerprint density at radius 3 is 2.58 bits per heavy atom. The number of benzene rings is 1. The number of H-pyrrole nitrogens is 1. The monoisotopic (exact) mass is 254 g/mol. The van der Waals surface area contributed by atoms with Gasteiger partial charge >= 0.3 is 0 Å². The van der Waals surface area contributed by atoms with Crippen LogP contribution >= 0.6 is 0 Å². The fourth-order valence-electron chi connectivity index (χ4n) is 2.42. The zero-order chi connectivity index (χ0) is 13.4. The minimum absolute atomic E-state index is 0.0686. The minimum atomic E-state index is -0.0857. The molecule has 0 saturated heterocycles. The van der Waals surface area contributed by atoms with Crippen molar-refractivity contribution in [2.75, 3.05) is 11.4 Å². The highest BCUT2D eigenvalue weighted by atomic mass is 16.2. The summed E-state index contributed by atoms with van der Waals surface area (Å²) in [5.74, 6) is -0.154. The summed E-state index contributed by atoms with van der Waals surface area (Å²) in [5.41, 5.74) is 3.08. The summed E-state index contributed by atoms with van der Waals surface area (Å²) in [6, 6.07) is 11.2. The lowest BCUT2D eigenvalue weighted by atomic mass is 10.2. The molecule has 0 saturated carbocycles. The lowest BCUT2D eigenvalue weighted by molar-refractivity contribution is 0.0985. The van der Waals surface area contributed by atoms with Crippen molar-refractivity contribution in [3.8, 4) is 0 Å². The number of para-hydroxylation sites is 1. The molecule has 1 aromatic heterocycles. The number of fused-ring (bicyclic) bond motifs is 1. The van der Waals surface area contributed by atoms with Crippen LogP contribution in [-0.4, -0.2) is 23.2 Å². The molecule has 3 rings (SSSR count). The van der Waals surface area contributed by atoms with Gasteiger partial charge in [-0.05, 0) is 30.2 Å². The molecule has 1 N–H and O–H groups in total. The third-order valence-corrected chi connectivity index (χ3v) is 3.43. The molecule has 0 fully saturated rings. The van der Waals surface area contributed by atoms with Crippen molar-refractivity contribution in [3.05, 3.63) is 53.3 Å². The number of carbonyl (C=O) groups excluding carboxylic acids is 2. The highest BCUT2D eigenvalue weighted by Gasteiger charge is 2.26. The Balaban J connectivity index is 1.91. The third-order valence-electron chi connectivity index (χ3n) is 3.43. The summed E-state index contributed by atoms with van der Waals surface area (Å²) in [4.78, 5) is 28.3. The van der Waals surface area contributed by atoms with E-state index in [1.165, 1.54) is 12.5 Å². The first kappa shape index (κ1) is 11.7. The minimum Gasteiger partial charge on any atom is -0.348 e. The summed E-state index contributed by atoms with van der Waals surface area (Å²) in [7, 11) is 0. The molecule has 2 aromatic rings. The largest absolute Gasteiger partial charge is 0.348 e. The molecule has 0 radical (unpaired) electrons. The van der Waals surface area contributed by atoms with Crippen molar-refractivity contribution in [2.45, 2.75) is 13.3 Å². The van der Waals surface area contributed by atoms with E-state index in [2.05, 4.69) is 4.98 Å². The molecule has 96 valence electrons. The normalized spacial score (nSPS) is 13.4. The number of nitrogens with zero attached hydrogens (tertiary/aromatic N) is 1. The SMILES string of the molecule is CC(=O)c1ccc(C(=O)N2CCc3ccccc32)[nH]1. The van der Waals surface area contributed by atoms with Crippen LogP contribution in [0.3, 0.4) is 0 Å².